The molecule has 0 radical (unpaired) electrons. The summed E-state index contributed by atoms with van der Waals surface area (Å²) in [6.07, 6.45) is 1.18. The van der Waals surface area contributed by atoms with Crippen LogP contribution in [0.25, 0.3) is 0 Å². The van der Waals surface area contributed by atoms with Gasteiger partial charge in [0, 0.05) is 18.6 Å². The van der Waals surface area contributed by atoms with Crippen LogP contribution in [0.4, 0.5) is 0 Å². The summed E-state index contributed by atoms with van der Waals surface area (Å²) in [7, 11) is -3.01. The van der Waals surface area contributed by atoms with E-state index in [1.807, 2.05) is 6.92 Å². The van der Waals surface area contributed by atoms with Gasteiger partial charge in [-0.2, -0.15) is 0 Å². The Morgan fingerprint density at radius 2 is 2.20 bits per heavy atom. The lowest BCUT2D eigenvalue weighted by molar-refractivity contribution is 0.311. The fraction of sp³-hybridized carbons (Fsp3) is 1.00. The summed E-state index contributed by atoms with van der Waals surface area (Å²) in [6.45, 7) is 2.70. The number of rotatable bonds is 2. The molecule has 1 saturated heterocycles. The maximum absolute atomic E-state index is 10.6. The third kappa shape index (κ3) is 1.93. The van der Waals surface area contributed by atoms with E-state index in [0.717, 1.165) is 6.54 Å². The highest BCUT2D eigenvalue weighted by Gasteiger charge is 2.27. The van der Waals surface area contributed by atoms with Crippen molar-refractivity contribution < 1.29 is 8.42 Å². The lowest BCUT2D eigenvalue weighted by Gasteiger charge is -2.35. The van der Waals surface area contributed by atoms with Crippen molar-refractivity contribution in [1.82, 2.24) is 10.0 Å². The maximum Gasteiger partial charge on any atom is 0.209 e. The van der Waals surface area contributed by atoms with E-state index in [-0.39, 0.29) is 12.1 Å². The van der Waals surface area contributed by atoms with E-state index in [1.165, 1.54) is 6.26 Å². The summed E-state index contributed by atoms with van der Waals surface area (Å²) in [5.41, 5.74) is 0. The minimum atomic E-state index is -3.01. The first-order valence-corrected chi connectivity index (χ1v) is 5.09. The van der Waals surface area contributed by atoms with Crippen LogP contribution in [0.5, 0.6) is 0 Å². The maximum atomic E-state index is 10.6. The van der Waals surface area contributed by atoms with Gasteiger partial charge in [0.1, 0.15) is 0 Å². The van der Waals surface area contributed by atoms with Crippen LogP contribution >= 0.6 is 0 Å². The second-order valence-corrected chi connectivity index (χ2v) is 4.47. The molecule has 2 atom stereocenters. The molecule has 1 rings (SSSR count). The molecule has 0 aromatic carbocycles. The van der Waals surface area contributed by atoms with E-state index in [9.17, 15) is 8.42 Å². The Bertz CT molecular complexity index is 212. The van der Waals surface area contributed by atoms with Crippen LogP contribution in [-0.2, 0) is 10.0 Å². The molecule has 1 aliphatic heterocycles. The van der Waals surface area contributed by atoms with E-state index >= 15 is 0 Å². The lowest BCUT2D eigenvalue weighted by atomic mass is 10.0. The van der Waals surface area contributed by atoms with Gasteiger partial charge in [-0.15, -0.1) is 0 Å². The topological polar surface area (TPSA) is 58.2 Å². The smallest absolute Gasteiger partial charge is 0.209 e. The van der Waals surface area contributed by atoms with Crippen LogP contribution < -0.4 is 10.0 Å². The quantitative estimate of drug-likeness (QED) is 0.544. The van der Waals surface area contributed by atoms with Crippen molar-refractivity contribution in [2.75, 3.05) is 12.8 Å². The molecule has 1 aliphatic rings. The molecule has 0 bridgehead atoms. The second kappa shape index (κ2) is 2.48. The van der Waals surface area contributed by atoms with Crippen molar-refractivity contribution in [1.29, 1.82) is 0 Å². The molecule has 10 heavy (non-hydrogen) atoms. The van der Waals surface area contributed by atoms with Crippen molar-refractivity contribution in [3.8, 4) is 0 Å². The van der Waals surface area contributed by atoms with Gasteiger partial charge in [0.25, 0.3) is 0 Å². The van der Waals surface area contributed by atoms with E-state index in [0.29, 0.717) is 0 Å². The summed E-state index contributed by atoms with van der Waals surface area (Å²) in [6, 6.07) is 0.365. The normalized spacial score (nSPS) is 33.4. The Hall–Kier alpha value is -0.130. The number of sulfonamides is 1. The van der Waals surface area contributed by atoms with Gasteiger partial charge < -0.3 is 5.32 Å². The first-order chi connectivity index (χ1) is 4.49. The fourth-order valence-electron chi connectivity index (χ4n) is 0.890. The van der Waals surface area contributed by atoms with E-state index in [2.05, 4.69) is 10.0 Å². The van der Waals surface area contributed by atoms with E-state index in [1.54, 1.807) is 0 Å². The van der Waals surface area contributed by atoms with E-state index < -0.39 is 10.0 Å². The van der Waals surface area contributed by atoms with Crippen LogP contribution in [0.3, 0.4) is 0 Å². The fourth-order valence-corrected chi connectivity index (χ4v) is 1.73. The van der Waals surface area contributed by atoms with Crippen LogP contribution in [0.15, 0.2) is 0 Å². The second-order valence-electron chi connectivity index (χ2n) is 2.69. The summed E-state index contributed by atoms with van der Waals surface area (Å²) in [5, 5.41) is 3.05. The monoisotopic (exact) mass is 164 g/mol. The van der Waals surface area contributed by atoms with Gasteiger partial charge in [-0.05, 0) is 6.92 Å². The molecule has 2 N–H and O–H groups in total. The third-order valence-corrected chi connectivity index (χ3v) is 2.36. The highest BCUT2D eigenvalue weighted by atomic mass is 32.2. The molecule has 0 aromatic rings. The average molecular weight is 164 g/mol. The molecule has 1 heterocycles. The zero-order valence-electron chi connectivity index (χ0n) is 6.09. The predicted octanol–water partition coefficient (Wildman–Crippen LogP) is -1.10. The Kier molecular flexibility index (Phi) is 1.98. The van der Waals surface area contributed by atoms with Gasteiger partial charge in [-0.3, -0.25) is 0 Å². The first kappa shape index (κ1) is 7.97. The van der Waals surface area contributed by atoms with Gasteiger partial charge in [-0.1, -0.05) is 0 Å². The molecule has 5 heteroatoms. The van der Waals surface area contributed by atoms with Crippen molar-refractivity contribution in [3.63, 3.8) is 0 Å². The lowest BCUT2D eigenvalue weighted by Crippen LogP contribution is -2.63. The molecule has 1 fully saturated rings. The summed E-state index contributed by atoms with van der Waals surface area (Å²) in [4.78, 5) is 0. The van der Waals surface area contributed by atoms with Gasteiger partial charge in [0.2, 0.25) is 10.0 Å². The molecular formula is C5H12N2O2S. The molecule has 4 nitrogen and oxygen atoms in total. The molecule has 0 aliphatic carbocycles. The summed E-state index contributed by atoms with van der Waals surface area (Å²) < 4.78 is 23.8. The number of hydrogen-bond donors (Lipinski definition) is 2. The van der Waals surface area contributed by atoms with Gasteiger partial charge >= 0.3 is 0 Å². The number of nitrogens with one attached hydrogen (secondary N) is 2. The zero-order chi connectivity index (χ0) is 7.78. The molecule has 0 amide bonds. The van der Waals surface area contributed by atoms with Crippen LogP contribution in [0.1, 0.15) is 6.92 Å². The summed E-state index contributed by atoms with van der Waals surface area (Å²) >= 11 is 0. The minimum Gasteiger partial charge on any atom is -0.311 e. The number of hydrogen-bond acceptors (Lipinski definition) is 3. The first-order valence-electron chi connectivity index (χ1n) is 3.20. The van der Waals surface area contributed by atoms with E-state index in [4.69, 9.17) is 0 Å². The van der Waals surface area contributed by atoms with Gasteiger partial charge in [0.05, 0.1) is 6.26 Å². The van der Waals surface area contributed by atoms with Gasteiger partial charge in [-0.25, -0.2) is 13.1 Å². The van der Waals surface area contributed by atoms with Crippen LogP contribution in [0, 0.1) is 0 Å². The standard InChI is InChI=1S/C5H12N2O2S/c1-4-5(3-6-4)7-10(2,8)9/h4-7H,3H2,1-2H3/t4-,5-/m1/s1. The largest absolute Gasteiger partial charge is 0.311 e. The molecule has 60 valence electrons. The van der Waals surface area contributed by atoms with Crippen molar-refractivity contribution >= 4 is 10.0 Å². The Labute approximate surface area is 61.1 Å². The molecule has 0 aromatic heterocycles. The highest BCUT2D eigenvalue weighted by molar-refractivity contribution is 7.88. The molecular weight excluding hydrogens is 152 g/mol. The van der Waals surface area contributed by atoms with Crippen LogP contribution in [-0.4, -0.2) is 33.3 Å². The SMILES string of the molecule is C[C@H]1NC[C@H]1NS(C)(=O)=O. The Balaban J connectivity index is 2.40. The average Bonchev–Trinajstić information content (AvgIpc) is 1.78. The third-order valence-electron chi connectivity index (χ3n) is 1.63. The van der Waals surface area contributed by atoms with Crippen molar-refractivity contribution in [2.24, 2.45) is 0 Å². The summed E-state index contributed by atoms with van der Waals surface area (Å²) in [5.74, 6) is 0. The zero-order valence-corrected chi connectivity index (χ0v) is 6.90. The van der Waals surface area contributed by atoms with Crippen molar-refractivity contribution in [2.45, 2.75) is 19.0 Å². The Morgan fingerprint density at radius 1 is 1.60 bits per heavy atom. The molecule has 0 unspecified atom stereocenters. The Morgan fingerprint density at radius 3 is 2.30 bits per heavy atom. The highest BCUT2D eigenvalue weighted by Crippen LogP contribution is 2.02. The molecule has 0 spiro atoms. The van der Waals surface area contributed by atoms with Crippen LogP contribution in [0.2, 0.25) is 0 Å². The van der Waals surface area contributed by atoms with Crippen molar-refractivity contribution in [3.05, 3.63) is 0 Å². The molecule has 0 saturated carbocycles. The minimum absolute atomic E-state index is 0.0926. The van der Waals surface area contributed by atoms with Gasteiger partial charge in [0.15, 0.2) is 0 Å². The predicted molar refractivity (Wildman–Crippen MR) is 39.2 cm³/mol.